The highest BCUT2D eigenvalue weighted by Crippen LogP contribution is 2.34. The van der Waals surface area contributed by atoms with E-state index in [-0.39, 0.29) is 29.2 Å². The Balaban J connectivity index is 1.65. The fourth-order valence-electron chi connectivity index (χ4n) is 3.17. The van der Waals surface area contributed by atoms with E-state index in [1.165, 1.54) is 17.8 Å². The molecule has 0 saturated heterocycles. The number of aromatic nitrogens is 2. The number of ether oxygens (including phenoxy) is 2. The zero-order valence-corrected chi connectivity index (χ0v) is 17.8. The average Bonchev–Trinajstić information content (AvgIpc) is 2.70. The van der Waals surface area contributed by atoms with Gasteiger partial charge in [-0.15, -0.1) is 0 Å². The lowest BCUT2D eigenvalue weighted by Gasteiger charge is -2.25. The third-order valence-electron chi connectivity index (χ3n) is 4.53. The highest BCUT2D eigenvalue weighted by atomic mass is 32.2. The second-order valence-electron chi connectivity index (χ2n) is 7.27. The fraction of sp³-hybridized carbons (Fsp3) is 0.476. The molecule has 1 aromatic carbocycles. The van der Waals surface area contributed by atoms with Gasteiger partial charge in [0.2, 0.25) is 5.91 Å². The minimum Gasteiger partial charge on any atom is -0.486 e. The van der Waals surface area contributed by atoms with E-state index in [0.29, 0.717) is 24.1 Å². The van der Waals surface area contributed by atoms with Crippen LogP contribution in [0.1, 0.15) is 44.5 Å². The summed E-state index contributed by atoms with van der Waals surface area (Å²) in [6.45, 7) is 7.22. The lowest BCUT2D eigenvalue weighted by Crippen LogP contribution is -2.33. The topological polar surface area (TPSA) is 93.3 Å². The van der Waals surface area contributed by atoms with Gasteiger partial charge in [0.25, 0.3) is 5.56 Å². The largest absolute Gasteiger partial charge is 0.486 e. The molecule has 2 aromatic rings. The smallest absolute Gasteiger partial charge is 0.251 e. The van der Waals surface area contributed by atoms with E-state index < -0.39 is 0 Å². The summed E-state index contributed by atoms with van der Waals surface area (Å²) in [5.41, 5.74) is 1.53. The van der Waals surface area contributed by atoms with Gasteiger partial charge in [-0.3, -0.25) is 9.59 Å². The van der Waals surface area contributed by atoms with Crippen LogP contribution in [0.15, 0.2) is 34.2 Å². The van der Waals surface area contributed by atoms with Crippen molar-refractivity contribution in [2.75, 3.05) is 19.0 Å². The number of hydrogen-bond donors (Lipinski definition) is 2. The van der Waals surface area contributed by atoms with Gasteiger partial charge in [0.1, 0.15) is 13.2 Å². The van der Waals surface area contributed by atoms with Crippen LogP contribution in [-0.4, -0.2) is 34.8 Å². The minimum atomic E-state index is -0.192. The van der Waals surface area contributed by atoms with Crippen molar-refractivity contribution in [1.29, 1.82) is 0 Å². The summed E-state index contributed by atoms with van der Waals surface area (Å²) >= 11 is 1.23. The van der Waals surface area contributed by atoms with Crippen molar-refractivity contribution in [2.24, 2.45) is 5.92 Å². The number of aryl methyl sites for hydroxylation is 1. The Hall–Kier alpha value is -2.48. The summed E-state index contributed by atoms with van der Waals surface area (Å²) in [6.07, 6.45) is 1.65. The first-order valence-corrected chi connectivity index (χ1v) is 10.9. The fourth-order valence-corrected chi connectivity index (χ4v) is 3.88. The van der Waals surface area contributed by atoms with E-state index in [9.17, 15) is 9.59 Å². The van der Waals surface area contributed by atoms with E-state index in [1.54, 1.807) is 0 Å². The highest BCUT2D eigenvalue weighted by Gasteiger charge is 2.21. The Morgan fingerprint density at radius 1 is 1.24 bits per heavy atom. The number of hydrogen-bond acceptors (Lipinski definition) is 6. The minimum absolute atomic E-state index is 0.118. The van der Waals surface area contributed by atoms with Crippen molar-refractivity contribution >= 4 is 17.7 Å². The molecule has 2 heterocycles. The molecule has 0 radical (unpaired) electrons. The molecule has 1 amide bonds. The first-order valence-electron chi connectivity index (χ1n) is 9.88. The molecule has 156 valence electrons. The molecule has 0 saturated carbocycles. The summed E-state index contributed by atoms with van der Waals surface area (Å²) in [5.74, 6) is 1.68. The van der Waals surface area contributed by atoms with Crippen LogP contribution in [0.25, 0.3) is 0 Å². The number of carbonyl (C=O) groups excluding carboxylic acids is 1. The van der Waals surface area contributed by atoms with Crippen LogP contribution in [0, 0.1) is 5.92 Å². The molecule has 1 aromatic heterocycles. The van der Waals surface area contributed by atoms with Crippen LogP contribution in [-0.2, 0) is 11.2 Å². The van der Waals surface area contributed by atoms with E-state index in [1.807, 2.05) is 25.1 Å². The summed E-state index contributed by atoms with van der Waals surface area (Å²) in [6, 6.07) is 7.12. The molecule has 8 heteroatoms. The quantitative estimate of drug-likeness (QED) is 0.506. The second kappa shape index (κ2) is 9.82. The third-order valence-corrected chi connectivity index (χ3v) is 5.40. The van der Waals surface area contributed by atoms with Crippen molar-refractivity contribution in [3.63, 3.8) is 0 Å². The standard InChI is InChI=1S/C21H27N3O4S/c1-4-5-15-11-18(25)24-21(22-15)29-12-19(26)23-20(13(2)3)14-6-7-16-17(10-14)28-9-8-27-16/h6-7,10-11,13,20H,4-5,8-9,12H2,1-3H3,(H,23,26)(H,22,24,25)/t20-/m1/s1. The van der Waals surface area contributed by atoms with Crippen LogP contribution in [0.2, 0.25) is 0 Å². The Kier molecular flexibility index (Phi) is 7.19. The predicted octanol–water partition coefficient (Wildman–Crippen LogP) is 3.10. The van der Waals surface area contributed by atoms with Crippen LogP contribution >= 0.6 is 11.8 Å². The number of rotatable bonds is 8. The summed E-state index contributed by atoms with van der Waals surface area (Å²) in [5, 5.41) is 3.56. The van der Waals surface area contributed by atoms with E-state index in [4.69, 9.17) is 9.47 Å². The van der Waals surface area contributed by atoms with E-state index >= 15 is 0 Å². The van der Waals surface area contributed by atoms with Gasteiger partial charge in [0.05, 0.1) is 11.8 Å². The molecular weight excluding hydrogens is 390 g/mol. The van der Waals surface area contributed by atoms with Gasteiger partial charge in [-0.25, -0.2) is 4.98 Å². The highest BCUT2D eigenvalue weighted by molar-refractivity contribution is 7.99. The number of aromatic amines is 1. The van der Waals surface area contributed by atoms with Crippen LogP contribution in [0.4, 0.5) is 0 Å². The van der Waals surface area contributed by atoms with E-state index in [2.05, 4.69) is 29.1 Å². The maximum atomic E-state index is 12.6. The molecule has 0 aliphatic carbocycles. The molecule has 1 atom stereocenters. The molecular formula is C21H27N3O4S. The molecule has 0 unspecified atom stereocenters. The SMILES string of the molecule is CCCc1cc(=O)[nH]c(SCC(=O)N[C@@H](c2ccc3c(c2)OCCO3)C(C)C)n1. The monoisotopic (exact) mass is 417 g/mol. The predicted molar refractivity (Wildman–Crippen MR) is 113 cm³/mol. The molecule has 1 aliphatic heterocycles. The first kappa shape index (κ1) is 21.2. The third kappa shape index (κ3) is 5.76. The Morgan fingerprint density at radius 2 is 2.00 bits per heavy atom. The maximum Gasteiger partial charge on any atom is 0.251 e. The van der Waals surface area contributed by atoms with Crippen molar-refractivity contribution in [1.82, 2.24) is 15.3 Å². The first-order chi connectivity index (χ1) is 14.0. The zero-order valence-electron chi connectivity index (χ0n) is 17.0. The van der Waals surface area contributed by atoms with Gasteiger partial charge in [-0.1, -0.05) is 45.0 Å². The molecule has 0 bridgehead atoms. The van der Waals surface area contributed by atoms with Gasteiger partial charge in [0, 0.05) is 11.8 Å². The van der Waals surface area contributed by atoms with Gasteiger partial charge in [0.15, 0.2) is 16.7 Å². The number of carbonyl (C=O) groups is 1. The number of nitrogens with one attached hydrogen (secondary N) is 2. The molecule has 0 fully saturated rings. The molecule has 3 rings (SSSR count). The zero-order chi connectivity index (χ0) is 20.8. The number of fused-ring (bicyclic) bond motifs is 1. The van der Waals surface area contributed by atoms with Crippen LogP contribution in [0.5, 0.6) is 11.5 Å². The number of thioether (sulfide) groups is 1. The number of amides is 1. The number of H-pyrrole nitrogens is 1. The van der Waals surface area contributed by atoms with Gasteiger partial charge in [-0.2, -0.15) is 0 Å². The average molecular weight is 418 g/mol. The molecule has 1 aliphatic rings. The summed E-state index contributed by atoms with van der Waals surface area (Å²) < 4.78 is 11.2. The molecule has 7 nitrogen and oxygen atoms in total. The van der Waals surface area contributed by atoms with Gasteiger partial charge in [-0.05, 0) is 30.0 Å². The van der Waals surface area contributed by atoms with Gasteiger partial charge < -0.3 is 19.8 Å². The number of benzene rings is 1. The maximum absolute atomic E-state index is 12.6. The lowest BCUT2D eigenvalue weighted by atomic mass is 9.95. The molecule has 2 N–H and O–H groups in total. The normalized spacial score (nSPS) is 13.9. The van der Waals surface area contributed by atoms with Crippen molar-refractivity contribution < 1.29 is 14.3 Å². The van der Waals surface area contributed by atoms with Crippen molar-refractivity contribution in [2.45, 2.75) is 44.8 Å². The summed E-state index contributed by atoms with van der Waals surface area (Å²) in [4.78, 5) is 31.5. The summed E-state index contributed by atoms with van der Waals surface area (Å²) in [7, 11) is 0. The molecule has 29 heavy (non-hydrogen) atoms. The molecule has 0 spiro atoms. The van der Waals surface area contributed by atoms with Crippen LogP contribution in [0.3, 0.4) is 0 Å². The number of nitrogens with zero attached hydrogens (tertiary/aromatic N) is 1. The van der Waals surface area contributed by atoms with Gasteiger partial charge >= 0.3 is 0 Å². The Labute approximate surface area is 174 Å². The second-order valence-corrected chi connectivity index (χ2v) is 8.24. The van der Waals surface area contributed by atoms with Crippen molar-refractivity contribution in [3.8, 4) is 11.5 Å². The van der Waals surface area contributed by atoms with Crippen LogP contribution < -0.4 is 20.3 Å². The van der Waals surface area contributed by atoms with E-state index in [0.717, 1.165) is 29.8 Å². The Bertz CT molecular complexity index is 913. The van der Waals surface area contributed by atoms with Crippen molar-refractivity contribution in [3.05, 3.63) is 45.9 Å². The Morgan fingerprint density at radius 3 is 2.72 bits per heavy atom. The lowest BCUT2D eigenvalue weighted by molar-refractivity contribution is -0.119.